The molecule has 7 nitrogen and oxygen atoms in total. The Balaban J connectivity index is 1.45. The maximum atomic E-state index is 15.3. The minimum absolute atomic E-state index is 0.0551. The van der Waals surface area contributed by atoms with Crippen molar-refractivity contribution in [2.24, 2.45) is 44.3 Å². The van der Waals surface area contributed by atoms with E-state index in [9.17, 15) is 14.7 Å². The standard InChI is InChI=1S/C45H64ClN2O5/c1-28(2)35-31(49)25-44(34(51)27-48(37(52)53-38(3,4)5)26-29-13-15-30(46)16-14-29)23-22-42(10)41(9,36(35)44)21-24-45(47-12)40(8)19-18-33(50)39(6,7)32(40)17-20-43(42,45)11/h12-16,28,32-33,50H,17-27H2,1-11H3/q+1/t32-,33-,40-,41+,42+,43-,44-,45-/m0/s1. The number of aliphatic hydroxyl groups is 1. The van der Waals surface area contributed by atoms with E-state index in [4.69, 9.17) is 27.8 Å². The second kappa shape index (κ2) is 12.7. The van der Waals surface area contributed by atoms with Gasteiger partial charge in [-0.05, 0) is 123 Å². The van der Waals surface area contributed by atoms with E-state index < -0.39 is 28.1 Å². The normalized spacial score (nSPS) is 39.0. The fourth-order valence-electron chi connectivity index (χ4n) is 13.4. The van der Waals surface area contributed by atoms with Crippen LogP contribution in [0.4, 0.5) is 4.79 Å². The third kappa shape index (κ3) is 5.45. The van der Waals surface area contributed by atoms with Crippen LogP contribution in [0.2, 0.25) is 5.02 Å². The molecule has 1 amide bonds. The monoisotopic (exact) mass is 747 g/mol. The van der Waals surface area contributed by atoms with Crippen molar-refractivity contribution in [2.75, 3.05) is 6.54 Å². The number of ketones is 2. The third-order valence-corrected chi connectivity index (χ3v) is 16.6. The van der Waals surface area contributed by atoms with Gasteiger partial charge in [0.1, 0.15) is 5.60 Å². The Morgan fingerprint density at radius 3 is 2.19 bits per heavy atom. The van der Waals surface area contributed by atoms with Crippen LogP contribution in [-0.2, 0) is 20.9 Å². The number of fused-ring (bicyclic) bond motifs is 7. The number of rotatable bonds is 6. The highest BCUT2D eigenvalue weighted by Crippen LogP contribution is 2.82. The molecule has 0 bridgehead atoms. The molecule has 5 aliphatic rings. The molecule has 8 heteroatoms. The first kappa shape index (κ1) is 40.0. The van der Waals surface area contributed by atoms with Gasteiger partial charge in [0, 0.05) is 24.4 Å². The minimum Gasteiger partial charge on any atom is -0.444 e. The smallest absolute Gasteiger partial charge is 0.410 e. The van der Waals surface area contributed by atoms with Gasteiger partial charge in [0.2, 0.25) is 0 Å². The first-order valence-electron chi connectivity index (χ1n) is 20.0. The molecule has 8 atom stereocenters. The number of allylic oxidation sites excluding steroid dienone is 2. The first-order valence-corrected chi connectivity index (χ1v) is 20.4. The second-order valence-corrected chi connectivity index (χ2v) is 20.8. The number of nitrogens with zero attached hydrogens (tertiary/aromatic N) is 2. The van der Waals surface area contributed by atoms with Gasteiger partial charge in [0.15, 0.2) is 11.6 Å². The number of halogens is 1. The molecule has 1 aromatic rings. The van der Waals surface area contributed by atoms with Crippen molar-refractivity contribution in [1.82, 2.24) is 4.90 Å². The van der Waals surface area contributed by atoms with E-state index >= 15 is 4.79 Å². The number of carbonyl (C=O) groups is 3. The van der Waals surface area contributed by atoms with Gasteiger partial charge >= 0.3 is 6.09 Å². The maximum absolute atomic E-state index is 15.3. The summed E-state index contributed by atoms with van der Waals surface area (Å²) in [6, 6.07) is 7.27. The number of aliphatic hydroxyl groups excluding tert-OH is 1. The number of hydrogen-bond donors (Lipinski definition) is 1. The SMILES string of the molecule is C#[N+][C@]12CC[C@]3(C)C4=C(C(C)C)C(=O)C[C@]4(C(=O)CN(Cc4ccc(Cl)cc4)C(=O)OC(C)(C)C)CC[C@@]3(C)[C@]1(C)CC[C@H]1C(C)(C)[C@@H](O)CC[C@@]12C. The Morgan fingerprint density at radius 2 is 1.60 bits per heavy atom. The van der Waals surface area contributed by atoms with Crippen molar-refractivity contribution in [3.63, 3.8) is 0 Å². The third-order valence-electron chi connectivity index (χ3n) is 16.4. The van der Waals surface area contributed by atoms with Gasteiger partial charge in [-0.3, -0.25) is 14.5 Å². The van der Waals surface area contributed by atoms with Gasteiger partial charge < -0.3 is 9.84 Å². The van der Waals surface area contributed by atoms with E-state index in [1.54, 1.807) is 12.1 Å². The van der Waals surface area contributed by atoms with Crippen LogP contribution in [0.15, 0.2) is 35.4 Å². The summed E-state index contributed by atoms with van der Waals surface area (Å²) in [5.74, 6) is 0.160. The predicted molar refractivity (Wildman–Crippen MR) is 211 cm³/mol. The quantitative estimate of drug-likeness (QED) is 0.313. The van der Waals surface area contributed by atoms with Gasteiger partial charge in [0.05, 0.1) is 28.9 Å². The highest BCUT2D eigenvalue weighted by atomic mass is 35.5. The highest BCUT2D eigenvalue weighted by molar-refractivity contribution is 6.30. The molecular weight excluding hydrogens is 684 g/mol. The van der Waals surface area contributed by atoms with Gasteiger partial charge in [0.25, 0.3) is 12.1 Å². The Morgan fingerprint density at radius 1 is 0.962 bits per heavy atom. The van der Waals surface area contributed by atoms with Crippen molar-refractivity contribution in [2.45, 2.75) is 158 Å². The fourth-order valence-corrected chi connectivity index (χ4v) is 13.5. The van der Waals surface area contributed by atoms with Gasteiger partial charge in [-0.2, -0.15) is 0 Å². The van der Waals surface area contributed by atoms with E-state index in [0.717, 1.165) is 61.7 Å². The van der Waals surface area contributed by atoms with Crippen LogP contribution in [0.1, 0.15) is 140 Å². The summed E-state index contributed by atoms with van der Waals surface area (Å²) in [6.45, 7) is 30.4. The zero-order valence-electron chi connectivity index (χ0n) is 34.2. The summed E-state index contributed by atoms with van der Waals surface area (Å²) in [5, 5.41) is 11.8. The van der Waals surface area contributed by atoms with E-state index in [-0.39, 0.29) is 70.7 Å². The molecule has 0 heterocycles. The van der Waals surface area contributed by atoms with Crippen LogP contribution in [0.5, 0.6) is 0 Å². The zero-order valence-corrected chi connectivity index (χ0v) is 35.0. The van der Waals surface area contributed by atoms with Crippen LogP contribution < -0.4 is 0 Å². The second-order valence-electron chi connectivity index (χ2n) is 20.4. The van der Waals surface area contributed by atoms with Crippen LogP contribution in [0, 0.1) is 50.9 Å². The fraction of sp³-hybridized carbons (Fsp3) is 0.733. The van der Waals surface area contributed by atoms with Crippen LogP contribution in [-0.4, -0.2) is 51.5 Å². The predicted octanol–water partition coefficient (Wildman–Crippen LogP) is 10.5. The molecule has 0 spiro atoms. The van der Waals surface area contributed by atoms with Gasteiger partial charge in [-0.25, -0.2) is 4.79 Å². The molecule has 53 heavy (non-hydrogen) atoms. The lowest BCUT2D eigenvalue weighted by molar-refractivity contribution is -0.244. The van der Waals surface area contributed by atoms with Crippen LogP contribution in [0.25, 0.3) is 4.85 Å². The number of hydrogen-bond acceptors (Lipinski definition) is 5. The molecule has 5 aliphatic carbocycles. The van der Waals surface area contributed by atoms with E-state index in [1.807, 2.05) is 32.9 Å². The molecule has 0 unspecified atom stereocenters. The number of Topliss-reactive ketones (excluding diaryl/α,β-unsaturated/α-hetero) is 2. The summed E-state index contributed by atoms with van der Waals surface area (Å²) in [7, 11) is 0. The number of benzene rings is 1. The van der Waals surface area contributed by atoms with Gasteiger partial charge in [-0.15, -0.1) is 0 Å². The Bertz CT molecular complexity index is 1770. The molecule has 1 N–H and O–H groups in total. The number of amides is 1. The number of carbonyl (C=O) groups excluding carboxylic acids is 3. The lowest BCUT2D eigenvalue weighted by Crippen LogP contribution is -2.75. The summed E-state index contributed by atoms with van der Waals surface area (Å²) in [4.78, 5) is 50.0. The molecule has 0 saturated heterocycles. The molecular formula is C45H64ClN2O5+. The minimum atomic E-state index is -1.01. The van der Waals surface area contributed by atoms with Gasteiger partial charge in [-0.1, -0.05) is 84.0 Å². The van der Waals surface area contributed by atoms with E-state index in [1.165, 1.54) is 4.90 Å². The Hall–Kier alpha value is -2.69. The largest absolute Gasteiger partial charge is 0.444 e. The summed E-state index contributed by atoms with van der Waals surface area (Å²) >= 11 is 6.19. The summed E-state index contributed by atoms with van der Waals surface area (Å²) in [6.07, 6.45) is 5.43. The molecule has 0 aliphatic heterocycles. The van der Waals surface area contributed by atoms with Crippen molar-refractivity contribution in [3.05, 3.63) is 50.8 Å². The molecule has 4 fully saturated rings. The Kier molecular flexibility index (Phi) is 9.56. The summed E-state index contributed by atoms with van der Waals surface area (Å²) < 4.78 is 5.86. The van der Waals surface area contributed by atoms with Crippen LogP contribution in [0.3, 0.4) is 0 Å². The Labute approximate surface area is 323 Å². The lowest BCUT2D eigenvalue weighted by atomic mass is 9.27. The molecule has 290 valence electrons. The topological polar surface area (TPSA) is 88.3 Å². The van der Waals surface area contributed by atoms with E-state index in [0.29, 0.717) is 11.4 Å². The molecule has 4 saturated carbocycles. The maximum Gasteiger partial charge on any atom is 0.410 e. The van der Waals surface area contributed by atoms with Crippen molar-refractivity contribution >= 4 is 29.3 Å². The zero-order chi connectivity index (χ0) is 39.4. The molecule has 0 aromatic heterocycles. The van der Waals surface area contributed by atoms with Crippen molar-refractivity contribution < 1.29 is 24.2 Å². The average molecular weight is 748 g/mol. The molecule has 1 aromatic carbocycles. The summed E-state index contributed by atoms with van der Waals surface area (Å²) in [5.41, 5.74) is -1.31. The van der Waals surface area contributed by atoms with Crippen molar-refractivity contribution in [1.29, 1.82) is 0 Å². The highest BCUT2D eigenvalue weighted by Gasteiger charge is 2.84. The molecule has 6 rings (SSSR count). The first-order chi connectivity index (χ1) is 24.4. The van der Waals surface area contributed by atoms with E-state index in [2.05, 4.69) is 55.4 Å². The average Bonchev–Trinajstić information content (AvgIpc) is 3.38. The van der Waals surface area contributed by atoms with Crippen LogP contribution >= 0.6 is 11.6 Å². The lowest BCUT2D eigenvalue weighted by Gasteiger charge is -2.73. The number of ether oxygens (including phenoxy) is 1. The molecule has 0 radical (unpaired) electrons. The van der Waals surface area contributed by atoms with Crippen molar-refractivity contribution in [3.8, 4) is 6.57 Å².